The van der Waals surface area contributed by atoms with Crippen LogP contribution in [0.25, 0.3) is 5.69 Å². The Morgan fingerprint density at radius 3 is 2.46 bits per heavy atom. The molecule has 0 aliphatic heterocycles. The van der Waals surface area contributed by atoms with Crippen LogP contribution in [0.15, 0.2) is 60.8 Å². The van der Waals surface area contributed by atoms with Gasteiger partial charge in [-0.05, 0) is 69.2 Å². The molecule has 35 heavy (non-hydrogen) atoms. The monoisotopic (exact) mass is 474 g/mol. The molecular formula is C28H34N4O3. The van der Waals surface area contributed by atoms with Gasteiger partial charge in [-0.3, -0.25) is 0 Å². The van der Waals surface area contributed by atoms with Gasteiger partial charge >= 0.3 is 12.0 Å². The minimum atomic E-state index is -0.414. The van der Waals surface area contributed by atoms with Crippen molar-refractivity contribution in [1.82, 2.24) is 4.57 Å². The van der Waals surface area contributed by atoms with Crippen molar-refractivity contribution >= 4 is 29.1 Å². The number of methoxy groups -OCH3 is 1. The van der Waals surface area contributed by atoms with Crippen LogP contribution < -0.4 is 15.5 Å². The maximum absolute atomic E-state index is 13.0. The van der Waals surface area contributed by atoms with Crippen molar-refractivity contribution in [1.29, 1.82) is 0 Å². The molecule has 2 aromatic carbocycles. The van der Waals surface area contributed by atoms with Crippen LogP contribution in [0.1, 0.15) is 55.1 Å². The van der Waals surface area contributed by atoms with E-state index in [0.717, 1.165) is 42.0 Å². The predicted octanol–water partition coefficient (Wildman–Crippen LogP) is 6.38. The fourth-order valence-electron chi connectivity index (χ4n) is 4.84. The van der Waals surface area contributed by atoms with E-state index < -0.39 is 5.97 Å². The van der Waals surface area contributed by atoms with E-state index in [1.54, 1.807) is 16.7 Å². The summed E-state index contributed by atoms with van der Waals surface area (Å²) in [6.45, 7) is 5.01. The number of carbonyl (C=O) groups is 2. The van der Waals surface area contributed by atoms with Crippen LogP contribution >= 0.6 is 0 Å². The SMILES string of the molecule is CCN(c1ccc(-n2cccc2C(=O)OC)cc1NC(=O)Nc1ccc(C)cc1)C1CCCCC1. The van der Waals surface area contributed by atoms with Crippen molar-refractivity contribution in [3.63, 3.8) is 0 Å². The fraction of sp³-hybridized carbons (Fsp3) is 0.357. The molecule has 1 aliphatic carbocycles. The summed E-state index contributed by atoms with van der Waals surface area (Å²) in [5.41, 5.74) is 4.73. The van der Waals surface area contributed by atoms with E-state index in [0.29, 0.717) is 17.4 Å². The summed E-state index contributed by atoms with van der Waals surface area (Å²) in [5, 5.41) is 6.00. The van der Waals surface area contributed by atoms with E-state index in [1.807, 2.05) is 55.6 Å². The highest BCUT2D eigenvalue weighted by Crippen LogP contribution is 2.34. The third-order valence-electron chi connectivity index (χ3n) is 6.62. The number of anilines is 3. The van der Waals surface area contributed by atoms with E-state index >= 15 is 0 Å². The quantitative estimate of drug-likeness (QED) is 0.390. The standard InChI is InChI=1S/C28H34N4O3/c1-4-31(22-9-6-5-7-10-22)25-17-16-23(32-18-8-11-26(32)27(33)35-3)19-24(25)30-28(34)29-21-14-12-20(2)13-15-21/h8,11-19,22H,4-7,9-10H2,1-3H3,(H2,29,30,34). The molecule has 1 fully saturated rings. The van der Waals surface area contributed by atoms with Gasteiger partial charge in [0.25, 0.3) is 0 Å². The van der Waals surface area contributed by atoms with Crippen molar-refractivity contribution in [3.05, 3.63) is 72.1 Å². The number of rotatable bonds is 7. The number of nitrogens with zero attached hydrogens (tertiary/aromatic N) is 2. The van der Waals surface area contributed by atoms with Crippen molar-refractivity contribution in [2.75, 3.05) is 29.2 Å². The Morgan fingerprint density at radius 2 is 1.77 bits per heavy atom. The second kappa shape index (κ2) is 11.1. The average molecular weight is 475 g/mol. The fourth-order valence-corrected chi connectivity index (χ4v) is 4.84. The first-order valence-corrected chi connectivity index (χ1v) is 12.3. The molecule has 1 heterocycles. The molecule has 7 heteroatoms. The van der Waals surface area contributed by atoms with E-state index in [4.69, 9.17) is 4.74 Å². The average Bonchev–Trinajstić information content (AvgIpc) is 3.37. The Morgan fingerprint density at radius 1 is 1.03 bits per heavy atom. The molecule has 0 unspecified atom stereocenters. The van der Waals surface area contributed by atoms with Gasteiger partial charge < -0.3 is 24.8 Å². The van der Waals surface area contributed by atoms with Gasteiger partial charge in [-0.15, -0.1) is 0 Å². The highest BCUT2D eigenvalue weighted by Gasteiger charge is 2.24. The molecule has 1 aliphatic rings. The lowest BCUT2D eigenvalue weighted by atomic mass is 9.93. The number of hydrogen-bond donors (Lipinski definition) is 2. The summed E-state index contributed by atoms with van der Waals surface area (Å²) in [5.74, 6) is -0.414. The zero-order chi connectivity index (χ0) is 24.8. The van der Waals surface area contributed by atoms with Gasteiger partial charge in [0.15, 0.2) is 0 Å². The van der Waals surface area contributed by atoms with Gasteiger partial charge in [-0.25, -0.2) is 9.59 Å². The van der Waals surface area contributed by atoms with E-state index in [1.165, 1.54) is 26.4 Å². The molecule has 0 atom stereocenters. The van der Waals surface area contributed by atoms with Crippen molar-refractivity contribution in [2.24, 2.45) is 0 Å². The summed E-state index contributed by atoms with van der Waals surface area (Å²) in [7, 11) is 1.37. The molecule has 0 bridgehead atoms. The lowest BCUT2D eigenvalue weighted by Gasteiger charge is -2.36. The van der Waals surface area contributed by atoms with Crippen LogP contribution in [0.4, 0.5) is 21.9 Å². The highest BCUT2D eigenvalue weighted by molar-refractivity contribution is 6.02. The zero-order valence-corrected chi connectivity index (χ0v) is 20.7. The first-order chi connectivity index (χ1) is 17.0. The maximum Gasteiger partial charge on any atom is 0.355 e. The number of benzene rings is 2. The zero-order valence-electron chi connectivity index (χ0n) is 20.7. The maximum atomic E-state index is 13.0. The van der Waals surface area contributed by atoms with Crippen molar-refractivity contribution < 1.29 is 14.3 Å². The smallest absolute Gasteiger partial charge is 0.355 e. The summed E-state index contributed by atoms with van der Waals surface area (Å²) in [6, 6.07) is 17.3. The van der Waals surface area contributed by atoms with Crippen LogP contribution in [0.2, 0.25) is 0 Å². The number of esters is 1. The Hall–Kier alpha value is -3.74. The van der Waals surface area contributed by atoms with Crippen LogP contribution in [-0.2, 0) is 4.74 Å². The number of carbonyl (C=O) groups excluding carboxylic acids is 2. The third-order valence-corrected chi connectivity index (χ3v) is 6.62. The number of hydrogen-bond acceptors (Lipinski definition) is 4. The molecular weight excluding hydrogens is 440 g/mol. The Kier molecular flexibility index (Phi) is 7.75. The van der Waals surface area contributed by atoms with Gasteiger partial charge in [-0.1, -0.05) is 37.0 Å². The molecule has 2 N–H and O–H groups in total. The van der Waals surface area contributed by atoms with Crippen LogP contribution in [-0.4, -0.2) is 36.3 Å². The van der Waals surface area contributed by atoms with Crippen molar-refractivity contribution in [2.45, 2.75) is 52.0 Å². The van der Waals surface area contributed by atoms with Gasteiger partial charge in [-0.2, -0.15) is 0 Å². The summed E-state index contributed by atoms with van der Waals surface area (Å²) in [4.78, 5) is 27.6. The lowest BCUT2D eigenvalue weighted by Crippen LogP contribution is -2.37. The summed E-state index contributed by atoms with van der Waals surface area (Å²) >= 11 is 0. The lowest BCUT2D eigenvalue weighted by molar-refractivity contribution is 0.0591. The molecule has 7 nitrogen and oxygen atoms in total. The number of aryl methyl sites for hydroxylation is 1. The molecule has 184 valence electrons. The first kappa shape index (κ1) is 24.4. The molecule has 0 radical (unpaired) electrons. The number of urea groups is 1. The number of amides is 2. The molecule has 4 rings (SSSR count). The van der Waals surface area contributed by atoms with Gasteiger partial charge in [0.1, 0.15) is 5.69 Å². The second-order valence-corrected chi connectivity index (χ2v) is 8.98. The van der Waals surface area contributed by atoms with Gasteiger partial charge in [0.05, 0.1) is 18.5 Å². The molecule has 0 spiro atoms. The highest BCUT2D eigenvalue weighted by atomic mass is 16.5. The molecule has 3 aromatic rings. The van der Waals surface area contributed by atoms with Crippen LogP contribution in [0, 0.1) is 6.92 Å². The second-order valence-electron chi connectivity index (χ2n) is 8.98. The number of ether oxygens (including phenoxy) is 1. The Balaban J connectivity index is 1.68. The van der Waals surface area contributed by atoms with Gasteiger partial charge in [0, 0.05) is 30.2 Å². The molecule has 2 amide bonds. The number of nitrogens with one attached hydrogen (secondary N) is 2. The minimum absolute atomic E-state index is 0.312. The van der Waals surface area contributed by atoms with E-state index in [-0.39, 0.29) is 6.03 Å². The topological polar surface area (TPSA) is 75.6 Å². The van der Waals surface area contributed by atoms with Crippen LogP contribution in [0.5, 0.6) is 0 Å². The first-order valence-electron chi connectivity index (χ1n) is 12.3. The van der Waals surface area contributed by atoms with E-state index in [2.05, 4.69) is 22.5 Å². The van der Waals surface area contributed by atoms with Crippen molar-refractivity contribution in [3.8, 4) is 5.69 Å². The Labute approximate surface area is 207 Å². The Bertz CT molecular complexity index is 1160. The third kappa shape index (κ3) is 5.67. The van der Waals surface area contributed by atoms with E-state index in [9.17, 15) is 9.59 Å². The molecule has 1 saturated carbocycles. The minimum Gasteiger partial charge on any atom is -0.464 e. The summed E-state index contributed by atoms with van der Waals surface area (Å²) < 4.78 is 6.71. The van der Waals surface area contributed by atoms with Gasteiger partial charge in [0.2, 0.25) is 0 Å². The predicted molar refractivity (Wildman–Crippen MR) is 141 cm³/mol. The largest absolute Gasteiger partial charge is 0.464 e. The molecule has 1 aromatic heterocycles. The molecule has 0 saturated heterocycles. The summed E-state index contributed by atoms with van der Waals surface area (Å²) in [6.07, 6.45) is 7.84. The number of aromatic nitrogens is 1. The normalized spacial score (nSPS) is 13.8. The van der Waals surface area contributed by atoms with Crippen LogP contribution in [0.3, 0.4) is 0 Å².